The Kier molecular flexibility index (Phi) is 3.92. The van der Waals surface area contributed by atoms with E-state index in [9.17, 15) is 0 Å². The summed E-state index contributed by atoms with van der Waals surface area (Å²) in [5.41, 5.74) is 6.46. The third-order valence-corrected chi connectivity index (χ3v) is 2.98. The quantitative estimate of drug-likeness (QED) is 0.910. The molecule has 1 atom stereocenters. The molecule has 88 valence electrons. The van der Waals surface area contributed by atoms with E-state index < -0.39 is 0 Å². The van der Waals surface area contributed by atoms with E-state index in [4.69, 9.17) is 38.4 Å². The highest BCUT2D eigenvalue weighted by molar-refractivity contribution is 6.35. The largest absolute Gasteiger partial charge is 0.486 e. The van der Waals surface area contributed by atoms with E-state index in [-0.39, 0.29) is 6.10 Å². The molecule has 16 heavy (non-hydrogen) atoms. The van der Waals surface area contributed by atoms with Gasteiger partial charge in [0.2, 0.25) is 0 Å². The summed E-state index contributed by atoms with van der Waals surface area (Å²) in [4.78, 5) is 0. The Morgan fingerprint density at radius 3 is 2.88 bits per heavy atom. The van der Waals surface area contributed by atoms with Gasteiger partial charge in [0.15, 0.2) is 0 Å². The zero-order valence-corrected chi connectivity index (χ0v) is 10.2. The highest BCUT2D eigenvalue weighted by atomic mass is 35.5. The van der Waals surface area contributed by atoms with Gasteiger partial charge in [-0.25, -0.2) is 0 Å². The summed E-state index contributed by atoms with van der Waals surface area (Å²) in [5.74, 6) is 0.629. The molecule has 1 aliphatic heterocycles. The highest BCUT2D eigenvalue weighted by Gasteiger charge is 2.20. The second-order valence-electron chi connectivity index (χ2n) is 3.68. The van der Waals surface area contributed by atoms with Crippen molar-refractivity contribution in [3.8, 4) is 5.75 Å². The molecule has 0 aromatic heterocycles. The average Bonchev–Trinajstić information content (AvgIpc) is 2.74. The lowest BCUT2D eigenvalue weighted by molar-refractivity contribution is 0.140. The fraction of sp³-hybridized carbons (Fsp3) is 0.455. The van der Waals surface area contributed by atoms with Crippen LogP contribution in [0.3, 0.4) is 0 Å². The molecule has 2 rings (SSSR count). The Hall–Kier alpha value is -0.480. The van der Waals surface area contributed by atoms with Gasteiger partial charge in [0.1, 0.15) is 11.9 Å². The molecule has 1 aliphatic rings. The standard InChI is InChI=1S/C11H13Cl2NO2/c12-8-3-7(5-14)11(10(13)4-8)16-9-1-2-15-6-9/h3-4,9H,1-2,5-6,14H2. The number of rotatable bonds is 3. The molecule has 3 nitrogen and oxygen atoms in total. The van der Waals surface area contributed by atoms with Crippen LogP contribution in [0.2, 0.25) is 10.0 Å². The fourth-order valence-electron chi connectivity index (χ4n) is 1.67. The molecule has 1 unspecified atom stereocenters. The summed E-state index contributed by atoms with van der Waals surface area (Å²) in [7, 11) is 0. The number of halogens is 2. The van der Waals surface area contributed by atoms with E-state index in [1.54, 1.807) is 12.1 Å². The Bertz CT molecular complexity index is 378. The van der Waals surface area contributed by atoms with Crippen LogP contribution in [-0.4, -0.2) is 19.3 Å². The van der Waals surface area contributed by atoms with Gasteiger partial charge < -0.3 is 15.2 Å². The smallest absolute Gasteiger partial charge is 0.143 e. The molecule has 0 bridgehead atoms. The maximum Gasteiger partial charge on any atom is 0.143 e. The summed E-state index contributed by atoms with van der Waals surface area (Å²) < 4.78 is 11.0. The number of benzene rings is 1. The SMILES string of the molecule is NCc1cc(Cl)cc(Cl)c1OC1CCOC1. The van der Waals surface area contributed by atoms with Crippen LogP contribution < -0.4 is 10.5 Å². The predicted molar refractivity (Wildman–Crippen MR) is 64.2 cm³/mol. The first-order valence-corrected chi connectivity index (χ1v) is 5.88. The number of hydrogen-bond donors (Lipinski definition) is 1. The van der Waals surface area contributed by atoms with Crippen molar-refractivity contribution in [2.45, 2.75) is 19.1 Å². The molecule has 5 heteroatoms. The first-order valence-electron chi connectivity index (χ1n) is 5.13. The monoisotopic (exact) mass is 261 g/mol. The van der Waals surface area contributed by atoms with Crippen molar-refractivity contribution in [2.75, 3.05) is 13.2 Å². The van der Waals surface area contributed by atoms with E-state index in [2.05, 4.69) is 0 Å². The van der Waals surface area contributed by atoms with Crippen molar-refractivity contribution in [2.24, 2.45) is 5.73 Å². The first-order chi connectivity index (χ1) is 7.70. The Balaban J connectivity index is 2.23. The van der Waals surface area contributed by atoms with Gasteiger partial charge in [-0.05, 0) is 12.1 Å². The average molecular weight is 262 g/mol. The zero-order chi connectivity index (χ0) is 11.5. The van der Waals surface area contributed by atoms with Crippen LogP contribution in [0.1, 0.15) is 12.0 Å². The fourth-order valence-corrected chi connectivity index (χ4v) is 2.25. The molecule has 0 radical (unpaired) electrons. The van der Waals surface area contributed by atoms with Crippen molar-refractivity contribution in [3.05, 3.63) is 27.7 Å². The second-order valence-corrected chi connectivity index (χ2v) is 4.53. The van der Waals surface area contributed by atoms with E-state index in [0.717, 1.165) is 18.6 Å². The van der Waals surface area contributed by atoms with Crippen molar-refractivity contribution < 1.29 is 9.47 Å². The normalized spacial score (nSPS) is 20.1. The molecule has 1 saturated heterocycles. The van der Waals surface area contributed by atoms with Crippen LogP contribution in [0, 0.1) is 0 Å². The summed E-state index contributed by atoms with van der Waals surface area (Å²) >= 11 is 12.0. The summed E-state index contributed by atoms with van der Waals surface area (Å²) in [6.45, 7) is 1.68. The van der Waals surface area contributed by atoms with Crippen LogP contribution in [0.4, 0.5) is 0 Å². The Morgan fingerprint density at radius 2 is 2.25 bits per heavy atom. The van der Waals surface area contributed by atoms with E-state index in [1.165, 1.54) is 0 Å². The summed E-state index contributed by atoms with van der Waals surface area (Å²) in [5, 5.41) is 1.07. The maximum absolute atomic E-state index is 6.09. The van der Waals surface area contributed by atoms with Crippen LogP contribution >= 0.6 is 23.2 Å². The summed E-state index contributed by atoms with van der Waals surface area (Å²) in [6.07, 6.45) is 0.937. The predicted octanol–water partition coefficient (Wildman–Crippen LogP) is 2.62. The van der Waals surface area contributed by atoms with Crippen LogP contribution in [0.25, 0.3) is 0 Å². The number of hydrogen-bond acceptors (Lipinski definition) is 3. The molecule has 2 N–H and O–H groups in total. The maximum atomic E-state index is 6.09. The van der Waals surface area contributed by atoms with Gasteiger partial charge in [-0.3, -0.25) is 0 Å². The van der Waals surface area contributed by atoms with Gasteiger partial charge in [-0.1, -0.05) is 23.2 Å². The first kappa shape index (κ1) is 12.0. The minimum Gasteiger partial charge on any atom is -0.486 e. The highest BCUT2D eigenvalue weighted by Crippen LogP contribution is 2.33. The molecule has 1 fully saturated rings. The minimum atomic E-state index is 0.0592. The van der Waals surface area contributed by atoms with E-state index in [0.29, 0.717) is 28.9 Å². The molecule has 0 spiro atoms. The van der Waals surface area contributed by atoms with Crippen LogP contribution in [-0.2, 0) is 11.3 Å². The topological polar surface area (TPSA) is 44.5 Å². The zero-order valence-electron chi connectivity index (χ0n) is 8.71. The molecular weight excluding hydrogens is 249 g/mol. The molecule has 1 aromatic carbocycles. The lowest BCUT2D eigenvalue weighted by Crippen LogP contribution is -2.17. The summed E-state index contributed by atoms with van der Waals surface area (Å²) in [6, 6.07) is 3.44. The lowest BCUT2D eigenvalue weighted by atomic mass is 10.2. The van der Waals surface area contributed by atoms with Gasteiger partial charge in [0.05, 0.1) is 18.2 Å². The van der Waals surface area contributed by atoms with Crippen LogP contribution in [0.5, 0.6) is 5.75 Å². The number of nitrogens with two attached hydrogens (primary N) is 1. The van der Waals surface area contributed by atoms with Gasteiger partial charge in [0, 0.05) is 23.6 Å². The van der Waals surface area contributed by atoms with Gasteiger partial charge in [0.25, 0.3) is 0 Å². The van der Waals surface area contributed by atoms with E-state index in [1.807, 2.05) is 0 Å². The molecular formula is C11H13Cl2NO2. The third kappa shape index (κ3) is 2.61. The Morgan fingerprint density at radius 1 is 1.44 bits per heavy atom. The van der Waals surface area contributed by atoms with Gasteiger partial charge in [-0.15, -0.1) is 0 Å². The van der Waals surface area contributed by atoms with E-state index >= 15 is 0 Å². The second kappa shape index (κ2) is 5.23. The molecule has 0 saturated carbocycles. The molecule has 0 amide bonds. The van der Waals surface area contributed by atoms with Crippen molar-refractivity contribution in [1.29, 1.82) is 0 Å². The third-order valence-electron chi connectivity index (χ3n) is 2.48. The van der Waals surface area contributed by atoms with Crippen LogP contribution in [0.15, 0.2) is 12.1 Å². The van der Waals surface area contributed by atoms with Gasteiger partial charge in [-0.2, -0.15) is 0 Å². The number of ether oxygens (including phenoxy) is 2. The molecule has 1 heterocycles. The van der Waals surface area contributed by atoms with Crippen molar-refractivity contribution in [3.63, 3.8) is 0 Å². The minimum absolute atomic E-state index is 0.0592. The molecule has 1 aromatic rings. The van der Waals surface area contributed by atoms with Crippen molar-refractivity contribution in [1.82, 2.24) is 0 Å². The molecule has 0 aliphatic carbocycles. The lowest BCUT2D eigenvalue weighted by Gasteiger charge is -2.16. The van der Waals surface area contributed by atoms with Gasteiger partial charge >= 0.3 is 0 Å². The Labute approximate surface area is 104 Å². The van der Waals surface area contributed by atoms with Crippen molar-refractivity contribution >= 4 is 23.2 Å².